The third-order valence-electron chi connectivity index (χ3n) is 2.05. The summed E-state index contributed by atoms with van der Waals surface area (Å²) in [5.74, 6) is 1.05. The fraction of sp³-hybridized carbons (Fsp3) is 0.500. The summed E-state index contributed by atoms with van der Waals surface area (Å²) in [6.07, 6.45) is 0.973. The number of pyridine rings is 1. The van der Waals surface area contributed by atoms with Crippen molar-refractivity contribution in [2.45, 2.75) is 27.2 Å². The van der Waals surface area contributed by atoms with Crippen LogP contribution in [0.25, 0.3) is 0 Å². The Morgan fingerprint density at radius 2 is 2.20 bits per heavy atom. The number of hydrogen-bond donors (Lipinski definition) is 0. The van der Waals surface area contributed by atoms with Gasteiger partial charge in [0, 0.05) is 5.69 Å². The SMILES string of the molecule is Cc1ccc(C#N)c(OCCC(C)C)n1. The molecule has 0 atom stereocenters. The van der Waals surface area contributed by atoms with Crippen molar-refractivity contribution in [2.24, 2.45) is 5.92 Å². The molecule has 0 aromatic carbocycles. The molecule has 0 bridgehead atoms. The maximum atomic E-state index is 8.85. The molecule has 0 spiro atoms. The molecule has 1 heterocycles. The Labute approximate surface area is 90.7 Å². The average Bonchev–Trinajstić information content (AvgIpc) is 2.17. The Balaban J connectivity index is 2.67. The summed E-state index contributed by atoms with van der Waals surface area (Å²) in [6, 6.07) is 5.63. The van der Waals surface area contributed by atoms with Crippen LogP contribution in [0.2, 0.25) is 0 Å². The number of aryl methyl sites for hydroxylation is 1. The van der Waals surface area contributed by atoms with Gasteiger partial charge < -0.3 is 4.74 Å². The highest BCUT2D eigenvalue weighted by Crippen LogP contribution is 2.15. The quantitative estimate of drug-likeness (QED) is 0.757. The number of hydrogen-bond acceptors (Lipinski definition) is 3. The van der Waals surface area contributed by atoms with Gasteiger partial charge in [0.2, 0.25) is 5.88 Å². The van der Waals surface area contributed by atoms with Crippen molar-refractivity contribution in [3.63, 3.8) is 0 Å². The van der Waals surface area contributed by atoms with Gasteiger partial charge in [-0.3, -0.25) is 0 Å². The van der Waals surface area contributed by atoms with Crippen molar-refractivity contribution in [3.8, 4) is 11.9 Å². The molecule has 0 aliphatic carbocycles. The number of nitrogens with zero attached hydrogens (tertiary/aromatic N) is 2. The maximum Gasteiger partial charge on any atom is 0.231 e. The van der Waals surface area contributed by atoms with E-state index in [4.69, 9.17) is 10.00 Å². The van der Waals surface area contributed by atoms with Gasteiger partial charge in [-0.1, -0.05) is 13.8 Å². The summed E-state index contributed by atoms with van der Waals surface area (Å²) in [5.41, 5.74) is 1.37. The van der Waals surface area contributed by atoms with Crippen molar-refractivity contribution < 1.29 is 4.74 Å². The van der Waals surface area contributed by atoms with E-state index in [0.717, 1.165) is 12.1 Å². The van der Waals surface area contributed by atoms with Crippen LogP contribution in [0.15, 0.2) is 12.1 Å². The summed E-state index contributed by atoms with van der Waals surface area (Å²) in [5, 5.41) is 8.85. The first-order chi connectivity index (χ1) is 7.13. The molecular formula is C12H16N2O. The molecule has 0 amide bonds. The van der Waals surface area contributed by atoms with Gasteiger partial charge in [-0.15, -0.1) is 0 Å². The third-order valence-corrected chi connectivity index (χ3v) is 2.05. The molecule has 0 aliphatic heterocycles. The van der Waals surface area contributed by atoms with Gasteiger partial charge in [0.25, 0.3) is 0 Å². The zero-order valence-corrected chi connectivity index (χ0v) is 9.45. The van der Waals surface area contributed by atoms with Crippen LogP contribution < -0.4 is 4.74 Å². The highest BCUT2D eigenvalue weighted by Gasteiger charge is 2.05. The molecule has 3 nitrogen and oxygen atoms in total. The molecule has 1 aromatic rings. The van der Waals surface area contributed by atoms with Crippen molar-refractivity contribution in [3.05, 3.63) is 23.4 Å². The summed E-state index contributed by atoms with van der Waals surface area (Å²) in [6.45, 7) is 6.77. The Morgan fingerprint density at radius 3 is 2.80 bits per heavy atom. The second-order valence-electron chi connectivity index (χ2n) is 3.95. The monoisotopic (exact) mass is 204 g/mol. The third kappa shape index (κ3) is 3.59. The van der Waals surface area contributed by atoms with Gasteiger partial charge in [-0.05, 0) is 31.4 Å². The van der Waals surface area contributed by atoms with E-state index >= 15 is 0 Å². The Bertz CT molecular complexity index is 366. The molecule has 15 heavy (non-hydrogen) atoms. The Hall–Kier alpha value is -1.56. The lowest BCUT2D eigenvalue weighted by Crippen LogP contribution is -2.04. The van der Waals surface area contributed by atoms with E-state index < -0.39 is 0 Å². The lowest BCUT2D eigenvalue weighted by atomic mass is 10.1. The van der Waals surface area contributed by atoms with Crippen LogP contribution in [0.4, 0.5) is 0 Å². The highest BCUT2D eigenvalue weighted by molar-refractivity contribution is 5.38. The van der Waals surface area contributed by atoms with Gasteiger partial charge in [0.05, 0.1) is 6.61 Å². The highest BCUT2D eigenvalue weighted by atomic mass is 16.5. The van der Waals surface area contributed by atoms with Crippen molar-refractivity contribution >= 4 is 0 Å². The minimum absolute atomic E-state index is 0.457. The second kappa shape index (κ2) is 5.35. The fourth-order valence-corrected chi connectivity index (χ4v) is 1.12. The molecule has 0 saturated carbocycles. The first-order valence-electron chi connectivity index (χ1n) is 5.14. The summed E-state index contributed by atoms with van der Waals surface area (Å²) < 4.78 is 5.49. The Morgan fingerprint density at radius 1 is 1.47 bits per heavy atom. The maximum absolute atomic E-state index is 8.85. The molecule has 0 radical (unpaired) electrons. The largest absolute Gasteiger partial charge is 0.477 e. The van der Waals surface area contributed by atoms with Crippen LogP contribution in [-0.2, 0) is 0 Å². The number of aromatic nitrogens is 1. The molecule has 0 N–H and O–H groups in total. The van der Waals surface area contributed by atoms with E-state index in [9.17, 15) is 0 Å². The zero-order chi connectivity index (χ0) is 11.3. The predicted octanol–water partition coefficient (Wildman–Crippen LogP) is 2.69. The zero-order valence-electron chi connectivity index (χ0n) is 9.45. The Kier molecular flexibility index (Phi) is 4.11. The number of rotatable bonds is 4. The van der Waals surface area contributed by atoms with Gasteiger partial charge in [0.15, 0.2) is 0 Å². The molecule has 0 unspecified atom stereocenters. The van der Waals surface area contributed by atoms with Gasteiger partial charge in [0.1, 0.15) is 11.6 Å². The summed E-state index contributed by atoms with van der Waals surface area (Å²) >= 11 is 0. The molecule has 3 heteroatoms. The van der Waals surface area contributed by atoms with Crippen LogP contribution in [0.1, 0.15) is 31.5 Å². The van der Waals surface area contributed by atoms with E-state index in [1.807, 2.05) is 13.0 Å². The predicted molar refractivity (Wildman–Crippen MR) is 58.6 cm³/mol. The molecular weight excluding hydrogens is 188 g/mol. The van der Waals surface area contributed by atoms with Gasteiger partial charge >= 0.3 is 0 Å². The molecule has 80 valence electrons. The van der Waals surface area contributed by atoms with E-state index in [-0.39, 0.29) is 0 Å². The van der Waals surface area contributed by atoms with E-state index in [1.165, 1.54) is 0 Å². The standard InChI is InChI=1S/C12H16N2O/c1-9(2)6-7-15-12-11(8-13)5-4-10(3)14-12/h4-5,9H,6-7H2,1-3H3. The molecule has 0 fully saturated rings. The lowest BCUT2D eigenvalue weighted by molar-refractivity contribution is 0.278. The normalized spacial score (nSPS) is 10.1. The first-order valence-corrected chi connectivity index (χ1v) is 5.14. The molecule has 1 rings (SSSR count). The topological polar surface area (TPSA) is 45.9 Å². The van der Waals surface area contributed by atoms with E-state index in [0.29, 0.717) is 24.0 Å². The minimum Gasteiger partial charge on any atom is -0.477 e. The fourth-order valence-electron chi connectivity index (χ4n) is 1.12. The number of nitriles is 1. The van der Waals surface area contributed by atoms with Crippen LogP contribution in [-0.4, -0.2) is 11.6 Å². The van der Waals surface area contributed by atoms with Gasteiger partial charge in [-0.2, -0.15) is 5.26 Å². The van der Waals surface area contributed by atoms with Crippen LogP contribution in [0.3, 0.4) is 0 Å². The second-order valence-corrected chi connectivity index (χ2v) is 3.95. The van der Waals surface area contributed by atoms with Crippen LogP contribution >= 0.6 is 0 Å². The van der Waals surface area contributed by atoms with E-state index in [1.54, 1.807) is 6.07 Å². The molecule has 0 aliphatic rings. The molecule has 0 saturated heterocycles. The summed E-state index contributed by atoms with van der Waals surface area (Å²) in [4.78, 5) is 4.20. The van der Waals surface area contributed by atoms with E-state index in [2.05, 4.69) is 24.9 Å². The van der Waals surface area contributed by atoms with Crippen molar-refractivity contribution in [1.29, 1.82) is 5.26 Å². The van der Waals surface area contributed by atoms with Gasteiger partial charge in [-0.25, -0.2) is 4.98 Å². The van der Waals surface area contributed by atoms with Crippen LogP contribution in [0, 0.1) is 24.2 Å². The first kappa shape index (κ1) is 11.5. The molecule has 1 aromatic heterocycles. The summed E-state index contributed by atoms with van der Waals surface area (Å²) in [7, 11) is 0. The smallest absolute Gasteiger partial charge is 0.231 e. The number of ether oxygens (including phenoxy) is 1. The van der Waals surface area contributed by atoms with Crippen molar-refractivity contribution in [2.75, 3.05) is 6.61 Å². The minimum atomic E-state index is 0.457. The average molecular weight is 204 g/mol. The lowest BCUT2D eigenvalue weighted by Gasteiger charge is -2.08. The van der Waals surface area contributed by atoms with Crippen LogP contribution in [0.5, 0.6) is 5.88 Å². The van der Waals surface area contributed by atoms with Crippen molar-refractivity contribution in [1.82, 2.24) is 4.98 Å².